The maximum atomic E-state index is 13.6. The van der Waals surface area contributed by atoms with Gasteiger partial charge in [0.2, 0.25) is 0 Å². The molecule has 0 radical (unpaired) electrons. The van der Waals surface area contributed by atoms with Crippen molar-refractivity contribution in [3.8, 4) is 11.4 Å². The Balaban J connectivity index is 1.37. The SMILES string of the molecule is C[C@@H]1CC[C@@H](Oc2cccc3c2CCCC3)CN1C(=O)c1ccccc1-n1nccn1. The molecule has 5 rings (SSSR count). The molecule has 1 aliphatic carbocycles. The molecule has 0 saturated carbocycles. The van der Waals surface area contributed by atoms with Gasteiger partial charge in [-0.3, -0.25) is 4.79 Å². The smallest absolute Gasteiger partial charge is 0.256 e. The van der Waals surface area contributed by atoms with E-state index in [4.69, 9.17) is 4.74 Å². The molecule has 0 bridgehead atoms. The van der Waals surface area contributed by atoms with Crippen LogP contribution in [0.2, 0.25) is 0 Å². The van der Waals surface area contributed by atoms with E-state index >= 15 is 0 Å². The molecule has 1 aliphatic heterocycles. The first kappa shape index (κ1) is 19.8. The Kier molecular flexibility index (Phi) is 5.45. The maximum Gasteiger partial charge on any atom is 0.256 e. The number of aromatic nitrogens is 3. The summed E-state index contributed by atoms with van der Waals surface area (Å²) in [6.07, 6.45) is 9.82. The van der Waals surface area contributed by atoms with Crippen LogP contribution in [-0.2, 0) is 12.8 Å². The van der Waals surface area contributed by atoms with Crippen molar-refractivity contribution in [1.29, 1.82) is 0 Å². The number of nitrogens with zero attached hydrogens (tertiary/aromatic N) is 4. The van der Waals surface area contributed by atoms with Gasteiger partial charge >= 0.3 is 0 Å². The van der Waals surface area contributed by atoms with Crippen molar-refractivity contribution >= 4 is 5.91 Å². The Morgan fingerprint density at radius 3 is 2.68 bits per heavy atom. The van der Waals surface area contributed by atoms with Gasteiger partial charge in [-0.2, -0.15) is 15.0 Å². The average molecular weight is 417 g/mol. The van der Waals surface area contributed by atoms with Crippen LogP contribution in [0.4, 0.5) is 0 Å². The first-order valence-electron chi connectivity index (χ1n) is 11.2. The van der Waals surface area contributed by atoms with Crippen molar-refractivity contribution in [1.82, 2.24) is 19.9 Å². The highest BCUT2D eigenvalue weighted by Gasteiger charge is 2.32. The number of ether oxygens (including phenoxy) is 1. The highest BCUT2D eigenvalue weighted by Crippen LogP contribution is 2.32. The van der Waals surface area contributed by atoms with Gasteiger partial charge in [-0.1, -0.05) is 24.3 Å². The summed E-state index contributed by atoms with van der Waals surface area (Å²) < 4.78 is 6.50. The number of amides is 1. The fourth-order valence-electron chi connectivity index (χ4n) is 4.81. The number of piperidine rings is 1. The molecule has 31 heavy (non-hydrogen) atoms. The van der Waals surface area contributed by atoms with Crippen molar-refractivity contribution in [3.63, 3.8) is 0 Å². The quantitative estimate of drug-likeness (QED) is 0.639. The van der Waals surface area contributed by atoms with Crippen molar-refractivity contribution in [2.75, 3.05) is 6.54 Å². The van der Waals surface area contributed by atoms with E-state index in [0.717, 1.165) is 31.4 Å². The van der Waals surface area contributed by atoms with Crippen LogP contribution in [0.25, 0.3) is 5.69 Å². The molecule has 2 aromatic carbocycles. The fraction of sp³-hybridized carbons (Fsp3) is 0.400. The molecular formula is C25H28N4O2. The van der Waals surface area contributed by atoms with Gasteiger partial charge in [-0.15, -0.1) is 0 Å². The van der Waals surface area contributed by atoms with Crippen LogP contribution in [0, 0.1) is 0 Å². The molecule has 160 valence electrons. The molecule has 1 amide bonds. The molecule has 1 aromatic heterocycles. The van der Waals surface area contributed by atoms with E-state index in [9.17, 15) is 4.79 Å². The minimum Gasteiger partial charge on any atom is -0.488 e. The number of fused-ring (bicyclic) bond motifs is 1. The van der Waals surface area contributed by atoms with Crippen LogP contribution in [0.1, 0.15) is 54.1 Å². The Morgan fingerprint density at radius 2 is 1.81 bits per heavy atom. The van der Waals surface area contributed by atoms with E-state index in [0.29, 0.717) is 17.8 Å². The highest BCUT2D eigenvalue weighted by molar-refractivity contribution is 5.98. The predicted molar refractivity (Wildman–Crippen MR) is 119 cm³/mol. The predicted octanol–water partition coefficient (Wildman–Crippen LogP) is 4.22. The van der Waals surface area contributed by atoms with Crippen LogP contribution in [0.3, 0.4) is 0 Å². The number of rotatable bonds is 4. The van der Waals surface area contributed by atoms with Crippen LogP contribution < -0.4 is 4.74 Å². The summed E-state index contributed by atoms with van der Waals surface area (Å²) in [5.74, 6) is 1.01. The van der Waals surface area contributed by atoms with E-state index < -0.39 is 0 Å². The lowest BCUT2D eigenvalue weighted by molar-refractivity contribution is 0.0381. The number of likely N-dealkylation sites (tertiary alicyclic amines) is 1. The third kappa shape index (κ3) is 3.94. The summed E-state index contributed by atoms with van der Waals surface area (Å²) >= 11 is 0. The first-order chi connectivity index (χ1) is 15.2. The zero-order valence-corrected chi connectivity index (χ0v) is 17.9. The number of hydrogen-bond donors (Lipinski definition) is 0. The molecule has 0 unspecified atom stereocenters. The molecule has 2 heterocycles. The molecule has 1 fully saturated rings. The largest absolute Gasteiger partial charge is 0.488 e. The van der Waals surface area contributed by atoms with Crippen molar-refractivity contribution in [2.45, 2.75) is 57.6 Å². The molecule has 6 nitrogen and oxygen atoms in total. The Bertz CT molecular complexity index is 1060. The van der Waals surface area contributed by atoms with Gasteiger partial charge in [0.15, 0.2) is 0 Å². The number of carbonyl (C=O) groups is 1. The molecule has 0 spiro atoms. The summed E-state index contributed by atoms with van der Waals surface area (Å²) in [5, 5.41) is 8.43. The topological polar surface area (TPSA) is 60.2 Å². The number of aryl methyl sites for hydroxylation is 1. The monoisotopic (exact) mass is 416 g/mol. The standard InChI is InChI=1S/C25H28N4O2/c1-18-13-14-20(31-24-12-6-8-19-7-2-3-9-21(19)24)17-28(18)25(30)22-10-4-5-11-23(22)29-26-15-16-27-29/h4-6,8,10-12,15-16,18,20H,2-3,7,9,13-14,17H2,1H3/t18-,20-/m1/s1. The second-order valence-electron chi connectivity index (χ2n) is 8.56. The van der Waals surface area contributed by atoms with Gasteiger partial charge in [0.25, 0.3) is 5.91 Å². The Morgan fingerprint density at radius 1 is 1.00 bits per heavy atom. The lowest BCUT2D eigenvalue weighted by atomic mass is 9.91. The molecule has 0 N–H and O–H groups in total. The molecule has 6 heteroatoms. The van der Waals surface area contributed by atoms with Crippen LogP contribution in [0.5, 0.6) is 5.75 Å². The maximum absolute atomic E-state index is 13.6. The summed E-state index contributed by atoms with van der Waals surface area (Å²) in [6.45, 7) is 2.71. The van der Waals surface area contributed by atoms with E-state index in [1.807, 2.05) is 29.2 Å². The lowest BCUT2D eigenvalue weighted by Gasteiger charge is -2.38. The van der Waals surface area contributed by atoms with Crippen molar-refractivity contribution in [2.24, 2.45) is 0 Å². The molecule has 2 aliphatic rings. The fourth-order valence-corrected chi connectivity index (χ4v) is 4.81. The Labute approximate surface area is 182 Å². The van der Waals surface area contributed by atoms with Gasteiger partial charge in [-0.25, -0.2) is 0 Å². The van der Waals surface area contributed by atoms with Crippen molar-refractivity contribution < 1.29 is 9.53 Å². The number of hydrogen-bond acceptors (Lipinski definition) is 4. The molecular weight excluding hydrogens is 388 g/mol. The van der Waals surface area contributed by atoms with Gasteiger partial charge in [0.05, 0.1) is 30.2 Å². The highest BCUT2D eigenvalue weighted by atomic mass is 16.5. The van der Waals surface area contributed by atoms with E-state index in [-0.39, 0.29) is 18.1 Å². The minimum absolute atomic E-state index is 0.00330. The second kappa shape index (κ2) is 8.53. The molecule has 3 aromatic rings. The van der Waals surface area contributed by atoms with Gasteiger partial charge in [-0.05, 0) is 74.8 Å². The summed E-state index contributed by atoms with van der Waals surface area (Å²) in [5.41, 5.74) is 4.09. The van der Waals surface area contributed by atoms with Crippen LogP contribution in [-0.4, -0.2) is 44.5 Å². The summed E-state index contributed by atoms with van der Waals surface area (Å²) in [4.78, 5) is 17.0. The number of carbonyl (C=O) groups excluding carboxylic acids is 1. The first-order valence-corrected chi connectivity index (χ1v) is 11.2. The van der Waals surface area contributed by atoms with Crippen LogP contribution >= 0.6 is 0 Å². The average Bonchev–Trinajstić information content (AvgIpc) is 3.35. The Hall–Kier alpha value is -3.15. The minimum atomic E-state index is 0.00330. The third-order valence-electron chi connectivity index (χ3n) is 6.51. The summed E-state index contributed by atoms with van der Waals surface area (Å²) in [7, 11) is 0. The number of benzene rings is 2. The second-order valence-corrected chi connectivity index (χ2v) is 8.56. The van der Waals surface area contributed by atoms with Gasteiger partial charge < -0.3 is 9.64 Å². The molecule has 1 saturated heterocycles. The van der Waals surface area contributed by atoms with E-state index in [2.05, 4.69) is 35.3 Å². The van der Waals surface area contributed by atoms with E-state index in [1.54, 1.807) is 12.4 Å². The van der Waals surface area contributed by atoms with E-state index in [1.165, 1.54) is 28.8 Å². The number of para-hydroxylation sites is 1. The van der Waals surface area contributed by atoms with Crippen LogP contribution in [0.15, 0.2) is 54.9 Å². The zero-order valence-electron chi connectivity index (χ0n) is 17.9. The lowest BCUT2D eigenvalue weighted by Crippen LogP contribution is -2.49. The molecule has 2 atom stereocenters. The van der Waals surface area contributed by atoms with Gasteiger partial charge in [0, 0.05) is 6.04 Å². The van der Waals surface area contributed by atoms with Gasteiger partial charge in [0.1, 0.15) is 11.9 Å². The zero-order chi connectivity index (χ0) is 21.2. The van der Waals surface area contributed by atoms with Crippen molar-refractivity contribution in [3.05, 3.63) is 71.5 Å². The normalized spacial score (nSPS) is 20.9. The third-order valence-corrected chi connectivity index (χ3v) is 6.51. The summed E-state index contributed by atoms with van der Waals surface area (Å²) in [6, 6.07) is 14.1.